The Balaban J connectivity index is 1.56. The highest BCUT2D eigenvalue weighted by molar-refractivity contribution is 7.98. The number of hydrogen-bond donors (Lipinski definition) is 2. The Hall–Kier alpha value is -2.86. The molecule has 4 rings (SSSR count). The van der Waals surface area contributed by atoms with E-state index in [0.29, 0.717) is 46.7 Å². The fourth-order valence-corrected chi connectivity index (χ4v) is 5.70. The van der Waals surface area contributed by atoms with Gasteiger partial charge in [-0.25, -0.2) is 14.8 Å². The van der Waals surface area contributed by atoms with Gasteiger partial charge in [-0.15, -0.1) is 11.3 Å². The van der Waals surface area contributed by atoms with Crippen molar-refractivity contribution in [3.8, 4) is 16.6 Å². The molecule has 0 radical (unpaired) electrons. The zero-order valence-electron chi connectivity index (χ0n) is 18.2. The van der Waals surface area contributed by atoms with Crippen LogP contribution in [0.3, 0.4) is 0 Å². The number of hydrogen-bond acceptors (Lipinski definition) is 9. The summed E-state index contributed by atoms with van der Waals surface area (Å²) >= 11 is 8.91. The lowest BCUT2D eigenvalue weighted by Crippen LogP contribution is -2.47. The number of nitrogens with two attached hydrogens (primary N) is 1. The third kappa shape index (κ3) is 5.27. The van der Waals surface area contributed by atoms with Gasteiger partial charge in [-0.3, -0.25) is 4.90 Å². The second-order valence-corrected chi connectivity index (χ2v) is 9.85. The van der Waals surface area contributed by atoms with Crippen molar-refractivity contribution < 1.29 is 5.11 Å². The number of anilines is 2. The van der Waals surface area contributed by atoms with Gasteiger partial charge in [0.25, 0.3) is 5.69 Å². The van der Waals surface area contributed by atoms with E-state index in [4.69, 9.17) is 28.9 Å². The number of piperazine rings is 1. The summed E-state index contributed by atoms with van der Waals surface area (Å²) in [5.74, 6) is 0.649. The summed E-state index contributed by atoms with van der Waals surface area (Å²) in [4.78, 5) is 16.9. The summed E-state index contributed by atoms with van der Waals surface area (Å²) in [5.41, 5.74) is 9.16. The van der Waals surface area contributed by atoms with Crippen molar-refractivity contribution in [1.29, 1.82) is 5.26 Å². The molecule has 2 aromatic heterocycles. The molecule has 3 N–H and O–H groups in total. The van der Waals surface area contributed by atoms with Crippen LogP contribution in [-0.4, -0.2) is 59.3 Å². The molecule has 1 saturated heterocycles. The minimum absolute atomic E-state index is 0.107. The largest absolute Gasteiger partial charge is 0.395 e. The first-order valence-corrected chi connectivity index (χ1v) is 12.8. The lowest BCUT2D eigenvalue weighted by molar-refractivity contribution is 0.189. The molecule has 34 heavy (non-hydrogen) atoms. The van der Waals surface area contributed by atoms with Crippen molar-refractivity contribution in [2.24, 2.45) is 0 Å². The molecule has 174 valence electrons. The van der Waals surface area contributed by atoms with E-state index in [1.54, 1.807) is 11.3 Å². The molecule has 3 heterocycles. The Labute approximate surface area is 211 Å². The highest BCUT2D eigenvalue weighted by atomic mass is 35.5. The van der Waals surface area contributed by atoms with Gasteiger partial charge in [-0.1, -0.05) is 35.5 Å². The van der Waals surface area contributed by atoms with E-state index < -0.39 is 0 Å². The fraction of sp³-hybridized carbons (Fsp3) is 0.304. The van der Waals surface area contributed by atoms with Gasteiger partial charge in [-0.2, -0.15) is 5.26 Å². The van der Waals surface area contributed by atoms with Crippen LogP contribution in [0.25, 0.3) is 15.4 Å². The van der Waals surface area contributed by atoms with Gasteiger partial charge in [-0.05, 0) is 12.1 Å². The Bertz CT molecular complexity index is 1240. The van der Waals surface area contributed by atoms with Gasteiger partial charge in [0.1, 0.15) is 21.9 Å². The molecule has 8 nitrogen and oxygen atoms in total. The number of β-amino-alcohol motifs (C(OH)–C–C–N with tert-alkyl or cyclic N) is 1. The highest BCUT2D eigenvalue weighted by Crippen LogP contribution is 2.42. The molecule has 1 aromatic carbocycles. The third-order valence-corrected chi connectivity index (χ3v) is 7.67. The maximum Gasteiger partial charge on any atom is 0.251 e. The lowest BCUT2D eigenvalue weighted by atomic mass is 10.1. The second kappa shape index (κ2) is 11.0. The van der Waals surface area contributed by atoms with Crippen LogP contribution < -0.4 is 10.6 Å². The number of aromatic nitrogens is 2. The summed E-state index contributed by atoms with van der Waals surface area (Å²) in [6.45, 7) is 11.1. The number of pyridine rings is 1. The number of rotatable bonds is 7. The quantitative estimate of drug-likeness (QED) is 0.358. The number of thioether (sulfide) groups is 1. The van der Waals surface area contributed by atoms with Crippen LogP contribution in [-0.2, 0) is 5.75 Å². The monoisotopic (exact) mass is 511 g/mol. The summed E-state index contributed by atoms with van der Waals surface area (Å²) in [6.07, 6.45) is 0. The molecular weight excluding hydrogens is 490 g/mol. The number of halogens is 1. The van der Waals surface area contributed by atoms with E-state index in [1.165, 1.54) is 11.8 Å². The molecule has 0 unspecified atom stereocenters. The van der Waals surface area contributed by atoms with Gasteiger partial charge in [0.15, 0.2) is 0 Å². The molecular formula is C23H22ClN7OS2. The first-order valence-electron chi connectivity index (χ1n) is 10.6. The zero-order valence-corrected chi connectivity index (χ0v) is 20.6. The number of nitrogen functional groups attached to an aromatic ring is 1. The Morgan fingerprint density at radius 2 is 1.97 bits per heavy atom. The molecule has 1 aliphatic heterocycles. The number of aliphatic hydroxyl groups excluding tert-OH is 1. The normalized spacial score (nSPS) is 14.1. The standard InChI is InChI=1S/C23H22ClN7OS2/c1-27-19-20(31-8-6-30(7-9-31)10-11-32)18(12-25)23(29-21(19)26)34-14-17-13-33-22(28-17)15-2-4-16(24)5-3-15/h2-5,13,32H,6-11,14H2,(H2,26,29). The second-order valence-electron chi connectivity index (χ2n) is 7.59. The summed E-state index contributed by atoms with van der Waals surface area (Å²) < 4.78 is 0. The third-order valence-electron chi connectivity index (χ3n) is 5.47. The van der Waals surface area contributed by atoms with Crippen molar-refractivity contribution in [3.05, 3.63) is 57.3 Å². The molecule has 3 aromatic rings. The number of benzene rings is 1. The summed E-state index contributed by atoms with van der Waals surface area (Å²) in [6, 6.07) is 9.81. The Morgan fingerprint density at radius 3 is 2.62 bits per heavy atom. The molecule has 0 spiro atoms. The predicted molar refractivity (Wildman–Crippen MR) is 137 cm³/mol. The first-order chi connectivity index (χ1) is 16.5. The van der Waals surface area contributed by atoms with E-state index in [1.807, 2.05) is 34.5 Å². The number of aliphatic hydroxyl groups is 1. The van der Waals surface area contributed by atoms with Crippen molar-refractivity contribution >= 4 is 51.9 Å². The average molecular weight is 512 g/mol. The van der Waals surface area contributed by atoms with Crippen LogP contribution in [0.4, 0.5) is 17.2 Å². The molecule has 0 amide bonds. The topological polar surface area (TPSA) is 107 Å². The summed E-state index contributed by atoms with van der Waals surface area (Å²) in [7, 11) is 0. The molecule has 1 aliphatic rings. The van der Waals surface area contributed by atoms with Crippen molar-refractivity contribution in [2.75, 3.05) is 50.0 Å². The number of thiazole rings is 1. The van der Waals surface area contributed by atoms with Crippen molar-refractivity contribution in [3.63, 3.8) is 0 Å². The lowest BCUT2D eigenvalue weighted by Gasteiger charge is -2.37. The van der Waals surface area contributed by atoms with Crippen molar-refractivity contribution in [2.45, 2.75) is 10.8 Å². The predicted octanol–water partition coefficient (Wildman–Crippen LogP) is 4.27. The molecule has 11 heteroatoms. The van der Waals surface area contributed by atoms with E-state index in [0.717, 1.165) is 29.4 Å². The minimum Gasteiger partial charge on any atom is -0.395 e. The SMILES string of the molecule is [C-]#[N+]c1c(N)nc(SCc2csc(-c3ccc(Cl)cc3)n2)c(C#N)c1N1CCN(CCO)CC1. The Kier molecular flexibility index (Phi) is 7.88. The maximum atomic E-state index is 10.0. The number of nitrogens with zero attached hydrogens (tertiary/aromatic N) is 6. The van der Waals surface area contributed by atoms with Gasteiger partial charge in [0.05, 0.1) is 30.1 Å². The van der Waals surface area contributed by atoms with Crippen LogP contribution in [0, 0.1) is 17.9 Å². The molecule has 1 fully saturated rings. The van der Waals surface area contributed by atoms with Crippen LogP contribution in [0.2, 0.25) is 5.02 Å². The van der Waals surface area contributed by atoms with Gasteiger partial charge < -0.3 is 15.7 Å². The van der Waals surface area contributed by atoms with Crippen LogP contribution >= 0.6 is 34.7 Å². The van der Waals surface area contributed by atoms with Gasteiger partial charge in [0, 0.05) is 54.4 Å². The average Bonchev–Trinajstić information content (AvgIpc) is 3.32. The van der Waals surface area contributed by atoms with Crippen LogP contribution in [0.5, 0.6) is 0 Å². The summed E-state index contributed by atoms with van der Waals surface area (Å²) in [5, 5.41) is 23.3. The highest BCUT2D eigenvalue weighted by Gasteiger charge is 2.26. The number of nitriles is 1. The molecule has 0 saturated carbocycles. The zero-order chi connectivity index (χ0) is 24.1. The molecule has 0 bridgehead atoms. The van der Waals surface area contributed by atoms with Crippen LogP contribution in [0.1, 0.15) is 11.3 Å². The maximum absolute atomic E-state index is 10.0. The van der Waals surface area contributed by atoms with E-state index in [-0.39, 0.29) is 18.1 Å². The smallest absolute Gasteiger partial charge is 0.251 e. The van der Waals surface area contributed by atoms with E-state index in [2.05, 4.69) is 20.8 Å². The fourth-order valence-electron chi connectivity index (χ4n) is 3.76. The molecule has 0 atom stereocenters. The van der Waals surface area contributed by atoms with Crippen LogP contribution in [0.15, 0.2) is 34.7 Å². The Morgan fingerprint density at radius 1 is 1.24 bits per heavy atom. The van der Waals surface area contributed by atoms with Crippen molar-refractivity contribution in [1.82, 2.24) is 14.9 Å². The minimum atomic E-state index is 0.107. The van der Waals surface area contributed by atoms with E-state index in [9.17, 15) is 10.4 Å². The first kappa shape index (κ1) is 24.3. The van der Waals surface area contributed by atoms with Gasteiger partial charge in [0.2, 0.25) is 0 Å². The molecule has 0 aliphatic carbocycles. The van der Waals surface area contributed by atoms with Gasteiger partial charge >= 0.3 is 0 Å². The van der Waals surface area contributed by atoms with E-state index >= 15 is 0 Å².